The first-order valence-electron chi connectivity index (χ1n) is 15.8. The fraction of sp³-hybridized carbons (Fsp3) is 0.371. The molecule has 1 aliphatic heterocycles. The predicted octanol–water partition coefficient (Wildman–Crippen LogP) is 5.47. The van der Waals surface area contributed by atoms with Gasteiger partial charge in [-0.2, -0.15) is 0 Å². The molecule has 0 radical (unpaired) electrons. The van der Waals surface area contributed by atoms with Crippen LogP contribution >= 0.6 is 0 Å². The van der Waals surface area contributed by atoms with Crippen LogP contribution in [-0.2, 0) is 17.6 Å². The highest BCUT2D eigenvalue weighted by molar-refractivity contribution is 5.83. The lowest BCUT2D eigenvalue weighted by atomic mass is 10.1. The number of anilines is 2. The monoisotopic (exact) mass is 631 g/mol. The van der Waals surface area contributed by atoms with Gasteiger partial charge in [0.1, 0.15) is 36.0 Å². The van der Waals surface area contributed by atoms with Gasteiger partial charge in [-0.05, 0) is 61.9 Å². The lowest BCUT2D eigenvalue weighted by molar-refractivity contribution is -0.885. The van der Waals surface area contributed by atoms with Crippen LogP contribution in [0.25, 0.3) is 11.3 Å². The number of rotatable bonds is 16. The third kappa shape index (κ3) is 9.20. The number of carbonyl (C=O) groups is 1. The minimum absolute atomic E-state index is 0.0800. The molecule has 2 aromatic heterocycles. The topological polar surface area (TPSA) is 103 Å². The molecule has 242 valence electrons. The Labute approximate surface area is 268 Å². The van der Waals surface area contributed by atoms with Gasteiger partial charge in [0, 0.05) is 55.5 Å². The Hall–Kier alpha value is -4.64. The van der Waals surface area contributed by atoms with E-state index in [1.165, 1.54) is 18.7 Å². The average Bonchev–Trinajstić information content (AvgIpc) is 3.05. The van der Waals surface area contributed by atoms with Gasteiger partial charge in [-0.25, -0.2) is 13.8 Å². The van der Waals surface area contributed by atoms with E-state index in [9.17, 15) is 18.8 Å². The van der Waals surface area contributed by atoms with E-state index in [4.69, 9.17) is 9.72 Å². The molecule has 1 atom stereocenters. The van der Waals surface area contributed by atoms with Crippen molar-refractivity contribution in [1.29, 1.82) is 0 Å². The Balaban J connectivity index is 1.20. The third-order valence-corrected chi connectivity index (χ3v) is 8.09. The minimum Gasteiger partial charge on any atom is -0.492 e. The first-order valence-corrected chi connectivity index (χ1v) is 15.8. The SMILES string of the molecule is CC(=O)[C@H](CCN(CCCCc1ccc2c(n1)NCCC2)CCOc1cc(F)cc(F)c1)Nc1cncc(-c2ccccc2)[n+]1O. The van der Waals surface area contributed by atoms with Gasteiger partial charge in [0.05, 0.1) is 6.20 Å². The summed E-state index contributed by atoms with van der Waals surface area (Å²) in [5.41, 5.74) is 3.60. The number of Topliss-reactive ketones (excluding diaryl/α,β-unsaturated/α-hetero) is 1. The van der Waals surface area contributed by atoms with Crippen molar-refractivity contribution >= 4 is 17.4 Å². The fourth-order valence-electron chi connectivity index (χ4n) is 5.58. The normalized spacial score (nSPS) is 13.1. The number of benzene rings is 2. The van der Waals surface area contributed by atoms with Crippen molar-refractivity contribution in [2.24, 2.45) is 0 Å². The summed E-state index contributed by atoms with van der Waals surface area (Å²) in [5.74, 6) is -0.0421. The molecule has 0 fully saturated rings. The van der Waals surface area contributed by atoms with E-state index in [1.807, 2.05) is 30.3 Å². The highest BCUT2D eigenvalue weighted by atomic mass is 19.1. The van der Waals surface area contributed by atoms with Crippen LogP contribution in [0.15, 0.2) is 73.1 Å². The molecule has 46 heavy (non-hydrogen) atoms. The van der Waals surface area contributed by atoms with Gasteiger partial charge in [-0.15, -0.1) is 0 Å². The maximum absolute atomic E-state index is 13.7. The standard InChI is InChI=1S/C35H40F2N6O3/c1-25(44)32(41-34-24-38-23-33(43(34)45)26-8-3-2-4-9-26)14-17-42(18-19-46-31-21-28(36)20-29(37)22-31)16-6-5-11-30-13-12-27-10-7-15-39-35(27)40-30/h2-4,8-9,12-13,20-24,32,45H,5-7,10-11,14-19H2,1H3,(H,39,40)/p+1/t32-/m0/s1. The van der Waals surface area contributed by atoms with Crippen molar-refractivity contribution in [3.8, 4) is 17.0 Å². The number of pyridine rings is 1. The predicted molar refractivity (Wildman–Crippen MR) is 172 cm³/mol. The molecule has 3 heterocycles. The number of aryl methyl sites for hydroxylation is 2. The number of aromatic nitrogens is 3. The second kappa shape index (κ2) is 16.1. The summed E-state index contributed by atoms with van der Waals surface area (Å²) in [6, 6.07) is 16.2. The first kappa shape index (κ1) is 32.7. The molecule has 2 aromatic carbocycles. The molecule has 11 heteroatoms. The number of nitrogens with one attached hydrogen (secondary N) is 2. The molecule has 0 saturated carbocycles. The summed E-state index contributed by atoms with van der Waals surface area (Å²) in [6.45, 7) is 4.47. The molecule has 9 nitrogen and oxygen atoms in total. The number of nitrogens with zero attached hydrogens (tertiary/aromatic N) is 4. The van der Waals surface area contributed by atoms with Gasteiger partial charge in [0.15, 0.2) is 17.5 Å². The number of carbonyl (C=O) groups excluding carboxylic acids is 1. The van der Waals surface area contributed by atoms with Gasteiger partial charge in [-0.3, -0.25) is 20.0 Å². The number of ketones is 1. The summed E-state index contributed by atoms with van der Waals surface area (Å²) < 4.78 is 34.0. The first-order chi connectivity index (χ1) is 22.4. The van der Waals surface area contributed by atoms with Gasteiger partial charge < -0.3 is 15.3 Å². The van der Waals surface area contributed by atoms with E-state index < -0.39 is 17.7 Å². The zero-order valence-electron chi connectivity index (χ0n) is 26.1. The number of hydrogen-bond acceptors (Lipinski definition) is 8. The Bertz CT molecular complexity index is 1590. The van der Waals surface area contributed by atoms with Crippen molar-refractivity contribution in [2.45, 2.75) is 51.5 Å². The Morgan fingerprint density at radius 1 is 1.07 bits per heavy atom. The summed E-state index contributed by atoms with van der Waals surface area (Å²) in [5, 5.41) is 17.5. The van der Waals surface area contributed by atoms with E-state index in [-0.39, 0.29) is 18.1 Å². The number of unbranched alkanes of at least 4 members (excludes halogenated alkanes) is 1. The van der Waals surface area contributed by atoms with Crippen LogP contribution < -0.4 is 20.1 Å². The highest BCUT2D eigenvalue weighted by Crippen LogP contribution is 2.21. The second-order valence-electron chi connectivity index (χ2n) is 11.5. The van der Waals surface area contributed by atoms with E-state index in [2.05, 4.69) is 32.7 Å². The number of fused-ring (bicyclic) bond motifs is 1. The van der Waals surface area contributed by atoms with Crippen LogP contribution in [0.5, 0.6) is 5.75 Å². The molecule has 1 aliphatic rings. The maximum atomic E-state index is 13.7. The molecular formula is C35H41F2N6O3+. The zero-order chi connectivity index (χ0) is 32.3. The van der Waals surface area contributed by atoms with E-state index in [1.54, 1.807) is 6.20 Å². The zero-order valence-corrected chi connectivity index (χ0v) is 26.1. The summed E-state index contributed by atoms with van der Waals surface area (Å²) in [7, 11) is 0. The largest absolute Gasteiger partial charge is 0.492 e. The molecule has 3 N–H and O–H groups in total. The van der Waals surface area contributed by atoms with Gasteiger partial charge in [0.2, 0.25) is 0 Å². The molecule has 0 saturated heterocycles. The summed E-state index contributed by atoms with van der Waals surface area (Å²) >= 11 is 0. The number of ether oxygens (including phenoxy) is 1. The van der Waals surface area contributed by atoms with Gasteiger partial charge in [-0.1, -0.05) is 36.4 Å². The van der Waals surface area contributed by atoms with E-state index >= 15 is 0 Å². The van der Waals surface area contributed by atoms with Crippen LogP contribution in [0.4, 0.5) is 20.4 Å². The third-order valence-electron chi connectivity index (χ3n) is 8.09. The van der Waals surface area contributed by atoms with Crippen molar-refractivity contribution in [3.05, 3.63) is 95.9 Å². The summed E-state index contributed by atoms with van der Waals surface area (Å²) in [6.07, 6.45) is 8.34. The van der Waals surface area contributed by atoms with Crippen molar-refractivity contribution < 1.29 is 28.2 Å². The molecule has 0 amide bonds. The fourth-order valence-corrected chi connectivity index (χ4v) is 5.58. The van der Waals surface area contributed by atoms with Gasteiger partial charge in [0.25, 0.3) is 0 Å². The van der Waals surface area contributed by atoms with Crippen LogP contribution in [-0.4, -0.2) is 64.7 Å². The van der Waals surface area contributed by atoms with Gasteiger partial charge >= 0.3 is 5.82 Å². The lowest BCUT2D eigenvalue weighted by Gasteiger charge is -2.24. The molecule has 0 aliphatic carbocycles. The number of halogens is 2. The van der Waals surface area contributed by atoms with Crippen LogP contribution in [0, 0.1) is 11.6 Å². The van der Waals surface area contributed by atoms with Crippen molar-refractivity contribution in [3.63, 3.8) is 0 Å². The molecule has 4 aromatic rings. The summed E-state index contributed by atoms with van der Waals surface area (Å²) in [4.78, 5) is 24.0. The Kier molecular flexibility index (Phi) is 11.4. The van der Waals surface area contributed by atoms with Crippen LogP contribution in [0.3, 0.4) is 0 Å². The Morgan fingerprint density at radius 3 is 2.65 bits per heavy atom. The molecule has 0 spiro atoms. The second-order valence-corrected chi connectivity index (χ2v) is 11.5. The van der Waals surface area contributed by atoms with Crippen LogP contribution in [0.2, 0.25) is 0 Å². The Morgan fingerprint density at radius 2 is 1.87 bits per heavy atom. The number of hydrogen-bond donors (Lipinski definition) is 3. The van der Waals surface area contributed by atoms with Crippen molar-refractivity contribution in [1.82, 2.24) is 14.9 Å². The molecular weight excluding hydrogens is 590 g/mol. The van der Waals surface area contributed by atoms with Crippen molar-refractivity contribution in [2.75, 3.05) is 43.4 Å². The minimum atomic E-state index is -0.694. The van der Waals surface area contributed by atoms with Crippen LogP contribution in [0.1, 0.15) is 43.9 Å². The quantitative estimate of drug-likeness (QED) is 0.0851. The maximum Gasteiger partial charge on any atom is 0.333 e. The highest BCUT2D eigenvalue weighted by Gasteiger charge is 2.25. The van der Waals surface area contributed by atoms with E-state index in [0.717, 1.165) is 85.2 Å². The smallest absolute Gasteiger partial charge is 0.333 e. The van der Waals surface area contributed by atoms with E-state index in [0.29, 0.717) is 31.0 Å². The molecule has 0 bridgehead atoms. The molecule has 0 unspecified atom stereocenters. The lowest BCUT2D eigenvalue weighted by Crippen LogP contribution is -2.42. The molecule has 5 rings (SSSR count). The average molecular weight is 632 g/mol.